The van der Waals surface area contributed by atoms with Crippen molar-refractivity contribution in [2.45, 2.75) is 38.6 Å². The van der Waals surface area contributed by atoms with E-state index in [9.17, 15) is 0 Å². The number of hydrogen-bond acceptors (Lipinski definition) is 5. The number of hydrogen-bond donors (Lipinski definition) is 0. The van der Waals surface area contributed by atoms with E-state index in [-0.39, 0.29) is 31.0 Å². The average molecular weight is 797 g/mol. The van der Waals surface area contributed by atoms with Crippen LogP contribution in [0.15, 0.2) is 162 Å². The molecule has 2 heterocycles. The summed E-state index contributed by atoms with van der Waals surface area (Å²) in [5.41, 5.74) is 9.97. The monoisotopic (exact) mass is 795 g/mol. The topological polar surface area (TPSA) is 56.1 Å². The van der Waals surface area contributed by atoms with Gasteiger partial charge in [-0.1, -0.05) is 141 Å². The van der Waals surface area contributed by atoms with E-state index in [2.05, 4.69) is 147 Å². The minimum absolute atomic E-state index is 0.117. The maximum absolute atomic E-state index is 6.09. The number of aromatic nitrogens is 1. The van der Waals surface area contributed by atoms with E-state index in [4.69, 9.17) is 44.6 Å². The van der Waals surface area contributed by atoms with E-state index in [0.29, 0.717) is 18.4 Å². The molecule has 0 unspecified atom stereocenters. The molecular formula is C46H43Cl2FeN3O2. The van der Waals surface area contributed by atoms with E-state index < -0.39 is 0 Å². The number of ether oxygens (including phenoxy) is 2. The van der Waals surface area contributed by atoms with Crippen molar-refractivity contribution in [3.8, 4) is 5.75 Å². The fourth-order valence-electron chi connectivity index (χ4n) is 6.88. The third kappa shape index (κ3) is 9.32. The normalized spacial score (nSPS) is 14.1. The molecule has 1 aliphatic rings. The number of methoxy groups -OCH3 is 1. The Balaban J connectivity index is 0.00000160. The van der Waals surface area contributed by atoms with Gasteiger partial charge in [-0.3, -0.25) is 4.99 Å². The molecule has 8 heteroatoms. The Morgan fingerprint density at radius 3 is 1.54 bits per heavy atom. The van der Waals surface area contributed by atoms with Gasteiger partial charge in [0.2, 0.25) is 5.90 Å². The van der Waals surface area contributed by atoms with Crippen molar-refractivity contribution in [1.29, 1.82) is 0 Å². The van der Waals surface area contributed by atoms with Crippen molar-refractivity contribution in [3.05, 3.63) is 196 Å². The fraction of sp³-hybridized carbons (Fsp3) is 0.196. The van der Waals surface area contributed by atoms with Crippen LogP contribution in [0.25, 0.3) is 0 Å². The molecule has 0 radical (unpaired) electrons. The molecule has 0 spiro atoms. The summed E-state index contributed by atoms with van der Waals surface area (Å²) in [6, 6.07) is 53.1. The van der Waals surface area contributed by atoms with Gasteiger partial charge in [-0.05, 0) is 70.5 Å². The quantitative estimate of drug-likeness (QED) is 0.0745. The van der Waals surface area contributed by atoms with Crippen molar-refractivity contribution in [2.24, 2.45) is 15.9 Å². The second kappa shape index (κ2) is 19.1. The zero-order chi connectivity index (χ0) is 37.9. The number of pyridine rings is 1. The molecule has 0 amide bonds. The first-order chi connectivity index (χ1) is 26.4. The van der Waals surface area contributed by atoms with Crippen LogP contribution < -0.4 is 4.74 Å². The first-order valence-corrected chi connectivity index (χ1v) is 21.0. The van der Waals surface area contributed by atoms with E-state index in [1.165, 1.54) is 22.3 Å². The van der Waals surface area contributed by atoms with Gasteiger partial charge in [0.1, 0.15) is 18.1 Å². The predicted molar refractivity (Wildman–Crippen MR) is 220 cm³/mol. The SMILES string of the molecule is COc1cc(C(c2ccccc2)c2ccccc2)c(N=C(C)c2cccc(C3=N[C@@H](C(C)C)CO3)n2)c(C(c2ccccc2)c2ccccc2)c1.[Cl][Fe][Cl]. The van der Waals surface area contributed by atoms with Gasteiger partial charge in [0.25, 0.3) is 0 Å². The Morgan fingerprint density at radius 1 is 0.704 bits per heavy atom. The standard InChI is InChI=1S/C46H43N3O2.2ClH.Fe/c1-31(2)42-30-51-46(49-42)41-27-17-26-40(48-41)32(3)47-45-38(43(33-18-9-5-10-19-33)34-20-11-6-12-21-34)28-37(50-4)29-39(45)44(35-22-13-7-14-23-35)36-24-15-8-16-25-36;;;/h5-29,31,42-44H,30H2,1-4H3;2*1H;/q;;;+2/p-2/t42-;;;/m1.../s1. The molecule has 54 heavy (non-hydrogen) atoms. The number of nitrogens with zero attached hydrogens (tertiary/aromatic N) is 3. The maximum atomic E-state index is 6.09. The Hall–Kier alpha value is -4.71. The molecule has 1 aliphatic heterocycles. The summed E-state index contributed by atoms with van der Waals surface area (Å²) in [6.07, 6.45) is 0. The van der Waals surface area contributed by atoms with Gasteiger partial charge in [-0.15, -0.1) is 0 Å². The molecule has 5 aromatic carbocycles. The second-order valence-corrected chi connectivity index (χ2v) is 15.2. The van der Waals surface area contributed by atoms with Crippen LogP contribution in [0, 0.1) is 5.92 Å². The van der Waals surface area contributed by atoms with Crippen molar-refractivity contribution in [3.63, 3.8) is 0 Å². The summed E-state index contributed by atoms with van der Waals surface area (Å²) in [4.78, 5) is 15.5. The van der Waals surface area contributed by atoms with Gasteiger partial charge >= 0.3 is 33.3 Å². The zero-order valence-electron chi connectivity index (χ0n) is 30.7. The molecule has 0 aliphatic carbocycles. The average Bonchev–Trinajstić information content (AvgIpc) is 3.72. The third-order valence-corrected chi connectivity index (χ3v) is 9.59. The van der Waals surface area contributed by atoms with Crippen molar-refractivity contribution in [1.82, 2.24) is 4.98 Å². The predicted octanol–water partition coefficient (Wildman–Crippen LogP) is 11.8. The summed E-state index contributed by atoms with van der Waals surface area (Å²) in [7, 11) is 11.3. The second-order valence-electron chi connectivity index (χ2n) is 13.4. The molecule has 6 aromatic rings. The molecule has 0 saturated carbocycles. The summed E-state index contributed by atoms with van der Waals surface area (Å²) < 4.78 is 12.1. The first kappa shape index (κ1) is 39.0. The Bertz CT molecular complexity index is 1980. The summed E-state index contributed by atoms with van der Waals surface area (Å²) >= 11 is 0.194. The molecule has 0 bridgehead atoms. The van der Waals surface area contributed by atoms with Crippen molar-refractivity contribution >= 4 is 37.5 Å². The summed E-state index contributed by atoms with van der Waals surface area (Å²) in [5.74, 6) is 1.53. The van der Waals surface area contributed by atoms with Crippen molar-refractivity contribution < 1.29 is 22.6 Å². The number of halogens is 2. The summed E-state index contributed by atoms with van der Waals surface area (Å²) in [5, 5.41) is 0. The van der Waals surface area contributed by atoms with E-state index in [1.807, 2.05) is 25.1 Å². The molecule has 276 valence electrons. The van der Waals surface area contributed by atoms with Gasteiger partial charge in [-0.2, -0.15) is 0 Å². The molecule has 1 aromatic heterocycles. The number of aliphatic imine (C=N–C) groups is 2. The summed E-state index contributed by atoms with van der Waals surface area (Å²) in [6.45, 7) is 6.95. The van der Waals surface area contributed by atoms with Crippen LogP contribution in [0.4, 0.5) is 5.69 Å². The van der Waals surface area contributed by atoms with Crippen LogP contribution in [-0.4, -0.2) is 36.4 Å². The Morgan fingerprint density at radius 2 is 1.15 bits per heavy atom. The van der Waals surface area contributed by atoms with Crippen LogP contribution >= 0.6 is 20.2 Å². The number of benzene rings is 5. The van der Waals surface area contributed by atoms with E-state index >= 15 is 0 Å². The third-order valence-electron chi connectivity index (χ3n) is 9.59. The Labute approximate surface area is 333 Å². The van der Waals surface area contributed by atoms with Gasteiger partial charge in [0, 0.05) is 11.8 Å². The zero-order valence-corrected chi connectivity index (χ0v) is 33.3. The van der Waals surface area contributed by atoms with Crippen LogP contribution in [0.5, 0.6) is 5.75 Å². The van der Waals surface area contributed by atoms with Gasteiger partial charge < -0.3 is 9.47 Å². The molecule has 0 saturated heterocycles. The number of rotatable bonds is 11. The fourth-order valence-corrected chi connectivity index (χ4v) is 6.88. The van der Waals surface area contributed by atoms with Gasteiger partial charge in [0.05, 0.1) is 30.2 Å². The molecule has 5 nitrogen and oxygen atoms in total. The minimum atomic E-state index is -0.117. The van der Waals surface area contributed by atoms with Crippen LogP contribution in [0.3, 0.4) is 0 Å². The van der Waals surface area contributed by atoms with E-state index in [1.54, 1.807) is 7.11 Å². The van der Waals surface area contributed by atoms with Crippen LogP contribution in [0.1, 0.15) is 77.4 Å². The van der Waals surface area contributed by atoms with E-state index in [0.717, 1.165) is 39.7 Å². The van der Waals surface area contributed by atoms with Crippen LogP contribution in [0.2, 0.25) is 0 Å². The van der Waals surface area contributed by atoms with Crippen molar-refractivity contribution in [2.75, 3.05) is 13.7 Å². The molecule has 0 N–H and O–H groups in total. The molecule has 1 atom stereocenters. The molecule has 7 rings (SSSR count). The van der Waals surface area contributed by atoms with Gasteiger partial charge in [-0.25, -0.2) is 9.98 Å². The Kier molecular flexibility index (Phi) is 13.8. The molecular weight excluding hydrogens is 753 g/mol. The first-order valence-electron chi connectivity index (χ1n) is 17.9. The molecule has 0 fully saturated rings. The van der Waals surface area contributed by atoms with Crippen LogP contribution in [-0.2, 0) is 17.9 Å². The van der Waals surface area contributed by atoms with Gasteiger partial charge in [0.15, 0.2) is 0 Å².